The van der Waals surface area contributed by atoms with Crippen LogP contribution in [0.4, 0.5) is 4.39 Å². The van der Waals surface area contributed by atoms with Crippen LogP contribution in [-0.2, 0) is 4.74 Å². The molecule has 0 N–H and O–H groups in total. The van der Waals surface area contributed by atoms with Crippen molar-refractivity contribution in [1.29, 1.82) is 0 Å². The van der Waals surface area contributed by atoms with E-state index in [0.717, 1.165) is 0 Å². The highest BCUT2D eigenvalue weighted by Gasteiger charge is 2.25. The van der Waals surface area contributed by atoms with Crippen molar-refractivity contribution in [2.45, 2.75) is 19.9 Å². The Labute approximate surface area is 103 Å². The van der Waals surface area contributed by atoms with Crippen LogP contribution >= 0.6 is 15.9 Å². The van der Waals surface area contributed by atoms with Crippen molar-refractivity contribution >= 4 is 21.8 Å². The minimum Gasteiger partial charge on any atom is -0.475 e. The van der Waals surface area contributed by atoms with Crippen LogP contribution in [0.2, 0.25) is 0 Å². The fourth-order valence-electron chi connectivity index (χ4n) is 1.57. The number of ether oxygens (including phenoxy) is 1. The quantitative estimate of drug-likeness (QED) is 0.816. The maximum absolute atomic E-state index is 13.6. The zero-order chi connectivity index (χ0) is 11.7. The first-order chi connectivity index (χ1) is 7.59. The van der Waals surface area contributed by atoms with Gasteiger partial charge < -0.3 is 4.74 Å². The number of aliphatic imine (C=N–C) groups is 1. The third-order valence-electron chi connectivity index (χ3n) is 2.62. The molecule has 0 bridgehead atoms. The first-order valence-electron chi connectivity index (χ1n) is 5.24. The summed E-state index contributed by atoms with van der Waals surface area (Å²) in [7, 11) is 0. The number of benzene rings is 1. The van der Waals surface area contributed by atoms with Gasteiger partial charge in [0, 0.05) is 4.47 Å². The Morgan fingerprint density at radius 1 is 1.50 bits per heavy atom. The van der Waals surface area contributed by atoms with E-state index in [1.165, 1.54) is 6.07 Å². The van der Waals surface area contributed by atoms with Gasteiger partial charge in [-0.15, -0.1) is 0 Å². The highest BCUT2D eigenvalue weighted by Crippen LogP contribution is 2.25. The molecule has 0 unspecified atom stereocenters. The molecule has 1 aromatic carbocycles. The van der Waals surface area contributed by atoms with E-state index < -0.39 is 0 Å². The lowest BCUT2D eigenvalue weighted by Gasteiger charge is -2.06. The molecule has 2 rings (SSSR count). The smallest absolute Gasteiger partial charge is 0.220 e. The van der Waals surface area contributed by atoms with Crippen LogP contribution < -0.4 is 0 Å². The van der Waals surface area contributed by atoms with Gasteiger partial charge in [0.2, 0.25) is 5.90 Å². The summed E-state index contributed by atoms with van der Waals surface area (Å²) in [5, 5.41) is 0. The van der Waals surface area contributed by atoms with Crippen LogP contribution in [0.5, 0.6) is 0 Å². The summed E-state index contributed by atoms with van der Waals surface area (Å²) >= 11 is 3.31. The first-order valence-corrected chi connectivity index (χ1v) is 6.04. The zero-order valence-electron chi connectivity index (χ0n) is 9.21. The van der Waals surface area contributed by atoms with Crippen LogP contribution in [0.3, 0.4) is 0 Å². The molecule has 16 heavy (non-hydrogen) atoms. The van der Waals surface area contributed by atoms with Gasteiger partial charge in [-0.25, -0.2) is 9.38 Å². The Balaban J connectivity index is 2.36. The maximum Gasteiger partial charge on any atom is 0.220 e. The standard InChI is InChI=1S/C12H13BrFNO/c1-7(2)10-6-16-12(15-10)11-8(13)4-3-5-9(11)14/h3-5,7,10H,6H2,1-2H3/t10-/m0/s1. The molecular formula is C12H13BrFNO. The molecule has 1 aliphatic rings. The Bertz CT molecular complexity index is 411. The van der Waals surface area contributed by atoms with Gasteiger partial charge in [0.15, 0.2) is 0 Å². The second kappa shape index (κ2) is 4.53. The van der Waals surface area contributed by atoms with Gasteiger partial charge in [0.1, 0.15) is 12.4 Å². The topological polar surface area (TPSA) is 21.6 Å². The Kier molecular flexibility index (Phi) is 3.28. The van der Waals surface area contributed by atoms with Gasteiger partial charge in [0.05, 0.1) is 11.6 Å². The van der Waals surface area contributed by atoms with Crippen molar-refractivity contribution in [2.24, 2.45) is 10.9 Å². The third-order valence-corrected chi connectivity index (χ3v) is 3.28. The van der Waals surface area contributed by atoms with E-state index in [-0.39, 0.29) is 11.9 Å². The summed E-state index contributed by atoms with van der Waals surface area (Å²) in [5.41, 5.74) is 0.422. The lowest BCUT2D eigenvalue weighted by molar-refractivity contribution is 0.291. The lowest BCUT2D eigenvalue weighted by Crippen LogP contribution is -2.13. The molecule has 0 saturated carbocycles. The molecule has 0 radical (unpaired) electrons. The predicted molar refractivity (Wildman–Crippen MR) is 65.2 cm³/mol. The molecule has 0 amide bonds. The average Bonchev–Trinajstić information content (AvgIpc) is 2.66. The third kappa shape index (κ3) is 2.12. The monoisotopic (exact) mass is 285 g/mol. The molecule has 0 aliphatic carbocycles. The summed E-state index contributed by atoms with van der Waals surface area (Å²) in [4.78, 5) is 4.40. The number of halogens is 2. The summed E-state index contributed by atoms with van der Waals surface area (Å²) in [6.45, 7) is 4.70. The lowest BCUT2D eigenvalue weighted by atomic mass is 10.1. The fourth-order valence-corrected chi connectivity index (χ4v) is 2.08. The van der Waals surface area contributed by atoms with E-state index in [9.17, 15) is 4.39 Å². The van der Waals surface area contributed by atoms with Gasteiger partial charge in [-0.05, 0) is 34.0 Å². The molecule has 1 aromatic rings. The maximum atomic E-state index is 13.6. The Morgan fingerprint density at radius 2 is 2.25 bits per heavy atom. The average molecular weight is 286 g/mol. The van der Waals surface area contributed by atoms with Crippen molar-refractivity contribution < 1.29 is 9.13 Å². The van der Waals surface area contributed by atoms with Gasteiger partial charge >= 0.3 is 0 Å². The number of hydrogen-bond donors (Lipinski definition) is 0. The number of rotatable bonds is 2. The van der Waals surface area contributed by atoms with Crippen LogP contribution in [0, 0.1) is 11.7 Å². The van der Waals surface area contributed by atoms with Gasteiger partial charge in [-0.1, -0.05) is 19.9 Å². The van der Waals surface area contributed by atoms with Crippen LogP contribution in [-0.4, -0.2) is 18.5 Å². The van der Waals surface area contributed by atoms with E-state index >= 15 is 0 Å². The van der Waals surface area contributed by atoms with E-state index in [1.807, 2.05) is 0 Å². The van der Waals surface area contributed by atoms with Crippen molar-refractivity contribution in [2.75, 3.05) is 6.61 Å². The molecule has 0 aromatic heterocycles. The first kappa shape index (κ1) is 11.6. The van der Waals surface area contributed by atoms with Gasteiger partial charge in [-0.2, -0.15) is 0 Å². The summed E-state index contributed by atoms with van der Waals surface area (Å²) in [5.74, 6) is 0.504. The van der Waals surface area contributed by atoms with Crippen molar-refractivity contribution in [1.82, 2.24) is 0 Å². The zero-order valence-corrected chi connectivity index (χ0v) is 10.8. The number of hydrogen-bond acceptors (Lipinski definition) is 2. The summed E-state index contributed by atoms with van der Waals surface area (Å²) < 4.78 is 19.8. The highest BCUT2D eigenvalue weighted by atomic mass is 79.9. The van der Waals surface area contributed by atoms with Crippen LogP contribution in [0.15, 0.2) is 27.7 Å². The molecule has 2 nitrogen and oxygen atoms in total. The van der Waals surface area contributed by atoms with Crippen molar-refractivity contribution in [3.63, 3.8) is 0 Å². The summed E-state index contributed by atoms with van der Waals surface area (Å²) in [6, 6.07) is 4.97. The fraction of sp³-hybridized carbons (Fsp3) is 0.417. The summed E-state index contributed by atoms with van der Waals surface area (Å²) in [6.07, 6.45) is 0. The number of nitrogens with zero attached hydrogens (tertiary/aromatic N) is 1. The van der Waals surface area contributed by atoms with Crippen molar-refractivity contribution in [3.8, 4) is 0 Å². The second-order valence-electron chi connectivity index (χ2n) is 4.15. The second-order valence-corrected chi connectivity index (χ2v) is 5.01. The van der Waals surface area contributed by atoms with Gasteiger partial charge in [0.25, 0.3) is 0 Å². The SMILES string of the molecule is CC(C)[C@@H]1COC(c2c(F)cccc2Br)=N1. The predicted octanol–water partition coefficient (Wildman–Crippen LogP) is 3.39. The molecular weight excluding hydrogens is 273 g/mol. The van der Waals surface area contributed by atoms with E-state index in [1.54, 1.807) is 12.1 Å². The minimum absolute atomic E-state index is 0.126. The molecule has 0 saturated heterocycles. The Morgan fingerprint density at radius 3 is 2.81 bits per heavy atom. The molecule has 1 atom stereocenters. The molecule has 1 aliphatic heterocycles. The Hall–Kier alpha value is -0.900. The molecule has 86 valence electrons. The largest absolute Gasteiger partial charge is 0.475 e. The molecule has 4 heteroatoms. The van der Waals surface area contributed by atoms with E-state index in [4.69, 9.17) is 4.74 Å². The molecule has 1 heterocycles. The van der Waals surface area contributed by atoms with E-state index in [2.05, 4.69) is 34.8 Å². The molecule has 0 fully saturated rings. The van der Waals surface area contributed by atoms with E-state index in [0.29, 0.717) is 28.5 Å². The van der Waals surface area contributed by atoms with Crippen molar-refractivity contribution in [3.05, 3.63) is 34.1 Å². The normalized spacial score (nSPS) is 19.8. The van der Waals surface area contributed by atoms with Gasteiger partial charge in [-0.3, -0.25) is 0 Å². The minimum atomic E-state index is -0.308. The highest BCUT2D eigenvalue weighted by molar-refractivity contribution is 9.10. The molecule has 0 spiro atoms. The van der Waals surface area contributed by atoms with Crippen LogP contribution in [0.1, 0.15) is 19.4 Å². The van der Waals surface area contributed by atoms with Crippen LogP contribution in [0.25, 0.3) is 0 Å².